The summed E-state index contributed by atoms with van der Waals surface area (Å²) in [4.78, 5) is 4.20. The van der Waals surface area contributed by atoms with E-state index in [2.05, 4.69) is 10.3 Å². The molecule has 0 aliphatic heterocycles. The predicted octanol–water partition coefficient (Wildman–Crippen LogP) is 1.65. The summed E-state index contributed by atoms with van der Waals surface area (Å²) in [7, 11) is 0. The van der Waals surface area contributed by atoms with E-state index in [0.717, 1.165) is 16.6 Å². The highest BCUT2D eigenvalue weighted by Crippen LogP contribution is 2.27. The highest BCUT2D eigenvalue weighted by atomic mass is 35.5. The molecule has 0 spiro atoms. The maximum Gasteiger partial charge on any atom is 0.0942 e. The highest BCUT2D eigenvalue weighted by Gasteiger charge is 2.07. The lowest BCUT2D eigenvalue weighted by molar-refractivity contribution is 0.105. The third-order valence-electron chi connectivity index (χ3n) is 2.46. The van der Waals surface area contributed by atoms with Crippen LogP contribution in [0, 0.1) is 0 Å². The lowest BCUT2D eigenvalue weighted by Gasteiger charge is -2.12. The van der Waals surface area contributed by atoms with E-state index in [0.29, 0.717) is 5.02 Å². The smallest absolute Gasteiger partial charge is 0.0942 e. The van der Waals surface area contributed by atoms with Crippen LogP contribution in [0.5, 0.6) is 0 Å². The number of halogens is 1. The van der Waals surface area contributed by atoms with Gasteiger partial charge in [-0.05, 0) is 24.3 Å². The molecule has 17 heavy (non-hydrogen) atoms. The van der Waals surface area contributed by atoms with Crippen LogP contribution in [-0.4, -0.2) is 34.5 Å². The van der Waals surface area contributed by atoms with E-state index in [1.807, 2.05) is 18.2 Å². The Labute approximate surface area is 104 Å². The Balaban J connectivity index is 2.32. The molecule has 2 aromatic rings. The van der Waals surface area contributed by atoms with Crippen LogP contribution in [-0.2, 0) is 0 Å². The van der Waals surface area contributed by atoms with Gasteiger partial charge in [0.15, 0.2) is 0 Å². The fourth-order valence-corrected chi connectivity index (χ4v) is 1.80. The predicted molar refractivity (Wildman–Crippen MR) is 68.3 cm³/mol. The van der Waals surface area contributed by atoms with Gasteiger partial charge in [-0.15, -0.1) is 0 Å². The lowest BCUT2D eigenvalue weighted by atomic mass is 10.1. The Morgan fingerprint density at radius 1 is 1.35 bits per heavy atom. The number of hydrogen-bond acceptors (Lipinski definition) is 4. The van der Waals surface area contributed by atoms with Gasteiger partial charge in [0.2, 0.25) is 0 Å². The average molecular weight is 253 g/mol. The number of aliphatic hydroxyl groups excluding tert-OH is 2. The summed E-state index contributed by atoms with van der Waals surface area (Å²) >= 11 is 6.04. The molecule has 1 aromatic heterocycles. The third kappa shape index (κ3) is 2.66. The van der Waals surface area contributed by atoms with Gasteiger partial charge < -0.3 is 15.5 Å². The molecule has 0 fully saturated rings. The quantitative estimate of drug-likeness (QED) is 0.774. The van der Waals surface area contributed by atoms with Gasteiger partial charge in [-0.1, -0.05) is 11.6 Å². The molecule has 0 radical (unpaired) electrons. The Hall–Kier alpha value is -1.36. The molecule has 0 aliphatic carbocycles. The van der Waals surface area contributed by atoms with Crippen LogP contribution in [0.3, 0.4) is 0 Å². The summed E-state index contributed by atoms with van der Waals surface area (Å²) in [5.74, 6) is 0. The molecule has 1 aromatic carbocycles. The van der Waals surface area contributed by atoms with Gasteiger partial charge in [-0.25, -0.2) is 0 Å². The van der Waals surface area contributed by atoms with E-state index in [1.54, 1.807) is 12.3 Å². The zero-order valence-electron chi connectivity index (χ0n) is 9.10. The second-order valence-electron chi connectivity index (χ2n) is 3.71. The summed E-state index contributed by atoms with van der Waals surface area (Å²) in [6, 6.07) is 7.31. The van der Waals surface area contributed by atoms with Crippen molar-refractivity contribution in [1.82, 2.24) is 4.98 Å². The van der Waals surface area contributed by atoms with Crippen molar-refractivity contribution in [2.24, 2.45) is 0 Å². The fourth-order valence-electron chi connectivity index (χ4n) is 1.58. The summed E-state index contributed by atoms with van der Waals surface area (Å²) in [6.07, 6.45) is 0.901. The van der Waals surface area contributed by atoms with E-state index < -0.39 is 6.10 Å². The second kappa shape index (κ2) is 5.31. The molecule has 1 unspecified atom stereocenters. The maximum atomic E-state index is 9.29. The van der Waals surface area contributed by atoms with Gasteiger partial charge in [-0.2, -0.15) is 0 Å². The van der Waals surface area contributed by atoms with Crippen molar-refractivity contribution >= 4 is 28.2 Å². The van der Waals surface area contributed by atoms with Gasteiger partial charge in [0, 0.05) is 23.8 Å². The Bertz CT molecular complexity index is 519. The van der Waals surface area contributed by atoms with Crippen molar-refractivity contribution in [3.05, 3.63) is 35.5 Å². The lowest BCUT2D eigenvalue weighted by Crippen LogP contribution is -2.23. The van der Waals surface area contributed by atoms with E-state index in [9.17, 15) is 5.11 Å². The van der Waals surface area contributed by atoms with Crippen molar-refractivity contribution in [2.75, 3.05) is 18.5 Å². The van der Waals surface area contributed by atoms with Gasteiger partial charge >= 0.3 is 0 Å². The van der Waals surface area contributed by atoms with Crippen LogP contribution < -0.4 is 5.32 Å². The SMILES string of the molecule is OCC(O)CNc1ccc(Cl)c2ncccc12. The van der Waals surface area contributed by atoms with Crippen molar-refractivity contribution in [3.63, 3.8) is 0 Å². The van der Waals surface area contributed by atoms with Gasteiger partial charge in [0.05, 0.1) is 23.3 Å². The van der Waals surface area contributed by atoms with Gasteiger partial charge in [-0.3, -0.25) is 4.98 Å². The first-order chi connectivity index (χ1) is 8.22. The molecule has 2 rings (SSSR count). The number of rotatable bonds is 4. The number of nitrogens with one attached hydrogen (secondary N) is 1. The summed E-state index contributed by atoms with van der Waals surface area (Å²) < 4.78 is 0. The molecule has 0 bridgehead atoms. The molecular formula is C12H13ClN2O2. The number of benzene rings is 1. The minimum absolute atomic E-state index is 0.267. The monoisotopic (exact) mass is 252 g/mol. The van der Waals surface area contributed by atoms with Crippen LogP contribution in [0.2, 0.25) is 5.02 Å². The molecule has 0 aliphatic rings. The number of hydrogen-bond donors (Lipinski definition) is 3. The molecule has 0 saturated carbocycles. The van der Waals surface area contributed by atoms with Gasteiger partial charge in [0.25, 0.3) is 0 Å². The summed E-state index contributed by atoms with van der Waals surface area (Å²) in [6.45, 7) is 0.0128. The molecule has 0 saturated heterocycles. The van der Waals surface area contributed by atoms with E-state index in [4.69, 9.17) is 16.7 Å². The van der Waals surface area contributed by atoms with Gasteiger partial charge in [0.1, 0.15) is 0 Å². The molecule has 90 valence electrons. The van der Waals surface area contributed by atoms with E-state index >= 15 is 0 Å². The summed E-state index contributed by atoms with van der Waals surface area (Å²) in [5.41, 5.74) is 1.56. The number of pyridine rings is 1. The average Bonchev–Trinajstić information content (AvgIpc) is 2.38. The number of anilines is 1. The molecule has 1 heterocycles. The molecule has 1 atom stereocenters. The summed E-state index contributed by atoms with van der Waals surface area (Å²) in [5, 5.41) is 22.6. The standard InChI is InChI=1S/C12H13ClN2O2/c13-10-3-4-11(15-6-8(17)7-16)9-2-1-5-14-12(9)10/h1-5,8,15-17H,6-7H2. The number of aliphatic hydroxyl groups is 2. The molecule has 5 heteroatoms. The first kappa shape index (κ1) is 12.1. The minimum Gasteiger partial charge on any atom is -0.394 e. The topological polar surface area (TPSA) is 65.4 Å². The molecular weight excluding hydrogens is 240 g/mol. The number of nitrogens with zero attached hydrogens (tertiary/aromatic N) is 1. The second-order valence-corrected chi connectivity index (χ2v) is 4.12. The minimum atomic E-state index is -0.780. The van der Waals surface area contributed by atoms with E-state index in [-0.39, 0.29) is 13.2 Å². The fraction of sp³-hybridized carbons (Fsp3) is 0.250. The first-order valence-corrected chi connectivity index (χ1v) is 5.66. The Morgan fingerprint density at radius 2 is 2.18 bits per heavy atom. The van der Waals surface area contributed by atoms with Crippen LogP contribution in [0.25, 0.3) is 10.9 Å². The maximum absolute atomic E-state index is 9.29. The normalized spacial score (nSPS) is 12.6. The molecule has 3 N–H and O–H groups in total. The first-order valence-electron chi connectivity index (χ1n) is 5.28. The Kier molecular flexibility index (Phi) is 3.78. The molecule has 4 nitrogen and oxygen atoms in total. The van der Waals surface area contributed by atoms with Crippen LogP contribution in [0.1, 0.15) is 0 Å². The Morgan fingerprint density at radius 3 is 2.94 bits per heavy atom. The van der Waals surface area contributed by atoms with Crippen molar-refractivity contribution in [3.8, 4) is 0 Å². The zero-order valence-corrected chi connectivity index (χ0v) is 9.85. The largest absolute Gasteiger partial charge is 0.394 e. The number of aromatic nitrogens is 1. The highest BCUT2D eigenvalue weighted by molar-refractivity contribution is 6.35. The van der Waals surface area contributed by atoms with Crippen LogP contribution >= 0.6 is 11.6 Å². The van der Waals surface area contributed by atoms with Crippen molar-refractivity contribution < 1.29 is 10.2 Å². The van der Waals surface area contributed by atoms with Crippen molar-refractivity contribution in [2.45, 2.75) is 6.10 Å². The van der Waals surface area contributed by atoms with Crippen LogP contribution in [0.15, 0.2) is 30.5 Å². The van der Waals surface area contributed by atoms with Crippen LogP contribution in [0.4, 0.5) is 5.69 Å². The molecule has 0 amide bonds. The number of fused-ring (bicyclic) bond motifs is 1. The van der Waals surface area contributed by atoms with Crippen molar-refractivity contribution in [1.29, 1.82) is 0 Å². The zero-order chi connectivity index (χ0) is 12.3. The van der Waals surface area contributed by atoms with E-state index in [1.165, 1.54) is 0 Å². The third-order valence-corrected chi connectivity index (χ3v) is 2.76.